The van der Waals surface area contributed by atoms with Gasteiger partial charge in [-0.3, -0.25) is 0 Å². The predicted molar refractivity (Wildman–Crippen MR) is 78.3 cm³/mol. The van der Waals surface area contributed by atoms with E-state index in [1.807, 2.05) is 0 Å². The molecule has 1 unspecified atom stereocenters. The smallest absolute Gasteiger partial charge is 0.175 e. The Labute approximate surface area is 122 Å². The SMILES string of the molecule is CC(C)c1c(C(C)CC=O)cc(Br)c2c1OCCO2. The highest BCUT2D eigenvalue weighted by Crippen LogP contribution is 2.47. The molecule has 19 heavy (non-hydrogen) atoms. The Morgan fingerprint density at radius 2 is 1.89 bits per heavy atom. The molecule has 1 heterocycles. The van der Waals surface area contributed by atoms with Gasteiger partial charge in [0.15, 0.2) is 11.5 Å². The molecule has 1 atom stereocenters. The highest BCUT2D eigenvalue weighted by Gasteiger charge is 2.26. The van der Waals surface area contributed by atoms with Crippen LogP contribution in [-0.4, -0.2) is 19.5 Å². The zero-order valence-electron chi connectivity index (χ0n) is 11.5. The fourth-order valence-electron chi connectivity index (χ4n) is 2.48. The molecule has 1 aromatic rings. The van der Waals surface area contributed by atoms with E-state index in [0.29, 0.717) is 25.6 Å². The first-order valence-corrected chi connectivity index (χ1v) is 7.41. The molecule has 1 aliphatic heterocycles. The van der Waals surface area contributed by atoms with Gasteiger partial charge in [0.25, 0.3) is 0 Å². The van der Waals surface area contributed by atoms with Gasteiger partial charge < -0.3 is 14.3 Å². The van der Waals surface area contributed by atoms with E-state index in [4.69, 9.17) is 9.47 Å². The van der Waals surface area contributed by atoms with Crippen LogP contribution in [0.1, 0.15) is 50.2 Å². The molecule has 0 bridgehead atoms. The van der Waals surface area contributed by atoms with E-state index in [2.05, 4.69) is 42.8 Å². The van der Waals surface area contributed by atoms with Crippen LogP contribution in [0.5, 0.6) is 11.5 Å². The Balaban J connectivity index is 2.59. The predicted octanol–water partition coefficient (Wildman–Crippen LogP) is 4.04. The van der Waals surface area contributed by atoms with E-state index in [1.54, 1.807) is 0 Å². The summed E-state index contributed by atoms with van der Waals surface area (Å²) in [5, 5.41) is 0. The van der Waals surface area contributed by atoms with Crippen molar-refractivity contribution < 1.29 is 14.3 Å². The van der Waals surface area contributed by atoms with Gasteiger partial charge in [-0.2, -0.15) is 0 Å². The van der Waals surface area contributed by atoms with Gasteiger partial charge in [0.05, 0.1) is 4.47 Å². The number of hydrogen-bond donors (Lipinski definition) is 0. The molecule has 1 aromatic carbocycles. The molecule has 104 valence electrons. The first kappa shape index (κ1) is 14.4. The van der Waals surface area contributed by atoms with Crippen molar-refractivity contribution in [3.05, 3.63) is 21.7 Å². The van der Waals surface area contributed by atoms with Crippen molar-refractivity contribution in [3.8, 4) is 11.5 Å². The summed E-state index contributed by atoms with van der Waals surface area (Å²) in [4.78, 5) is 10.8. The second-order valence-electron chi connectivity index (χ2n) is 5.17. The molecule has 1 aliphatic rings. The summed E-state index contributed by atoms with van der Waals surface area (Å²) in [6, 6.07) is 2.07. The minimum absolute atomic E-state index is 0.182. The van der Waals surface area contributed by atoms with Crippen LogP contribution in [0.25, 0.3) is 0 Å². The number of rotatable bonds is 4. The Kier molecular flexibility index (Phi) is 4.50. The molecule has 0 radical (unpaired) electrons. The quantitative estimate of drug-likeness (QED) is 0.783. The second-order valence-corrected chi connectivity index (χ2v) is 6.03. The molecular formula is C15H19BrO3. The third-order valence-electron chi connectivity index (χ3n) is 3.40. The molecule has 0 N–H and O–H groups in total. The Morgan fingerprint density at radius 3 is 2.47 bits per heavy atom. The molecule has 0 saturated carbocycles. The average molecular weight is 327 g/mol. The van der Waals surface area contributed by atoms with Crippen LogP contribution >= 0.6 is 15.9 Å². The van der Waals surface area contributed by atoms with Gasteiger partial charge in [0.2, 0.25) is 0 Å². The molecular weight excluding hydrogens is 308 g/mol. The van der Waals surface area contributed by atoms with Crippen LogP contribution in [0.2, 0.25) is 0 Å². The van der Waals surface area contributed by atoms with Crippen molar-refractivity contribution in [2.24, 2.45) is 0 Å². The lowest BCUT2D eigenvalue weighted by atomic mass is 9.87. The molecule has 0 aromatic heterocycles. The summed E-state index contributed by atoms with van der Waals surface area (Å²) < 4.78 is 12.4. The molecule has 0 saturated heterocycles. The molecule has 0 spiro atoms. The highest BCUT2D eigenvalue weighted by atomic mass is 79.9. The number of carbonyl (C=O) groups is 1. The summed E-state index contributed by atoms with van der Waals surface area (Å²) in [7, 11) is 0. The molecule has 0 aliphatic carbocycles. The standard InChI is InChI=1S/C15H19BrO3/c1-9(2)13-11(10(3)4-5-17)8-12(16)14-15(13)19-7-6-18-14/h5,8-10H,4,6-7H2,1-3H3. The minimum atomic E-state index is 0.182. The zero-order valence-corrected chi connectivity index (χ0v) is 13.1. The highest BCUT2D eigenvalue weighted by molar-refractivity contribution is 9.10. The number of aldehydes is 1. The van der Waals surface area contributed by atoms with E-state index in [1.165, 1.54) is 5.56 Å². The summed E-state index contributed by atoms with van der Waals surface area (Å²) in [5.41, 5.74) is 2.32. The summed E-state index contributed by atoms with van der Waals surface area (Å²) in [6.45, 7) is 7.49. The second kappa shape index (κ2) is 5.95. The monoisotopic (exact) mass is 326 g/mol. The molecule has 2 rings (SSSR count). The number of halogens is 1. The van der Waals surface area contributed by atoms with Crippen molar-refractivity contribution in [3.63, 3.8) is 0 Å². The lowest BCUT2D eigenvalue weighted by Crippen LogP contribution is -2.18. The Morgan fingerprint density at radius 1 is 1.26 bits per heavy atom. The van der Waals surface area contributed by atoms with Crippen molar-refractivity contribution in [2.75, 3.05) is 13.2 Å². The van der Waals surface area contributed by atoms with E-state index >= 15 is 0 Å². The summed E-state index contributed by atoms with van der Waals surface area (Å²) >= 11 is 3.54. The van der Waals surface area contributed by atoms with Gasteiger partial charge in [0, 0.05) is 12.0 Å². The zero-order chi connectivity index (χ0) is 14.0. The van der Waals surface area contributed by atoms with Crippen LogP contribution in [0.15, 0.2) is 10.5 Å². The van der Waals surface area contributed by atoms with Gasteiger partial charge in [-0.25, -0.2) is 0 Å². The van der Waals surface area contributed by atoms with Gasteiger partial charge in [-0.1, -0.05) is 20.8 Å². The molecule has 0 amide bonds. The third kappa shape index (κ3) is 2.78. The number of fused-ring (bicyclic) bond motifs is 1. The maximum Gasteiger partial charge on any atom is 0.175 e. The normalized spacial score (nSPS) is 15.4. The van der Waals surface area contributed by atoms with Gasteiger partial charge in [-0.15, -0.1) is 0 Å². The van der Waals surface area contributed by atoms with Crippen LogP contribution in [0.4, 0.5) is 0 Å². The third-order valence-corrected chi connectivity index (χ3v) is 3.98. The first-order valence-electron chi connectivity index (χ1n) is 6.61. The van der Waals surface area contributed by atoms with E-state index in [-0.39, 0.29) is 5.92 Å². The van der Waals surface area contributed by atoms with Crippen molar-refractivity contribution >= 4 is 22.2 Å². The van der Waals surface area contributed by atoms with Crippen LogP contribution in [0.3, 0.4) is 0 Å². The fraction of sp³-hybridized carbons (Fsp3) is 0.533. The van der Waals surface area contributed by atoms with E-state index < -0.39 is 0 Å². The van der Waals surface area contributed by atoms with Crippen LogP contribution in [-0.2, 0) is 4.79 Å². The summed E-state index contributed by atoms with van der Waals surface area (Å²) in [5.74, 6) is 2.13. The number of hydrogen-bond acceptors (Lipinski definition) is 3. The fourth-order valence-corrected chi connectivity index (χ4v) is 3.02. The van der Waals surface area contributed by atoms with Crippen molar-refractivity contribution in [1.82, 2.24) is 0 Å². The summed E-state index contributed by atoms with van der Waals surface area (Å²) in [6.07, 6.45) is 1.49. The maximum absolute atomic E-state index is 10.8. The topological polar surface area (TPSA) is 35.5 Å². The van der Waals surface area contributed by atoms with Crippen molar-refractivity contribution in [2.45, 2.75) is 39.0 Å². The average Bonchev–Trinajstić information content (AvgIpc) is 2.38. The Hall–Kier alpha value is -1.03. The van der Waals surface area contributed by atoms with Gasteiger partial charge in [-0.05, 0) is 39.4 Å². The van der Waals surface area contributed by atoms with E-state index in [9.17, 15) is 4.79 Å². The molecule has 4 heteroatoms. The van der Waals surface area contributed by atoms with Crippen molar-refractivity contribution in [1.29, 1.82) is 0 Å². The molecule has 0 fully saturated rings. The van der Waals surface area contributed by atoms with Crippen LogP contribution < -0.4 is 9.47 Å². The lowest BCUT2D eigenvalue weighted by molar-refractivity contribution is -0.108. The maximum atomic E-state index is 10.8. The lowest BCUT2D eigenvalue weighted by Gasteiger charge is -2.27. The largest absolute Gasteiger partial charge is 0.486 e. The number of carbonyl (C=O) groups excluding carboxylic acids is 1. The Bertz CT molecular complexity index is 483. The minimum Gasteiger partial charge on any atom is -0.486 e. The molecule has 3 nitrogen and oxygen atoms in total. The first-order chi connectivity index (χ1) is 9.06. The van der Waals surface area contributed by atoms with Gasteiger partial charge >= 0.3 is 0 Å². The number of benzene rings is 1. The van der Waals surface area contributed by atoms with Crippen LogP contribution in [0, 0.1) is 0 Å². The number of ether oxygens (including phenoxy) is 2. The van der Waals surface area contributed by atoms with E-state index in [0.717, 1.165) is 27.8 Å². The van der Waals surface area contributed by atoms with Gasteiger partial charge in [0.1, 0.15) is 19.5 Å².